The summed E-state index contributed by atoms with van der Waals surface area (Å²) in [7, 11) is 0. The molecule has 0 aromatic carbocycles. The van der Waals surface area contributed by atoms with Gasteiger partial charge in [-0.15, -0.1) is 0 Å². The van der Waals surface area contributed by atoms with Crippen molar-refractivity contribution in [2.24, 2.45) is 0 Å². The molecule has 8 heavy (non-hydrogen) atoms. The maximum absolute atomic E-state index is 8.25. The van der Waals surface area contributed by atoms with Gasteiger partial charge in [-0.25, -0.2) is 0 Å². The van der Waals surface area contributed by atoms with Crippen LogP contribution in [0, 0.1) is 15.3 Å². The summed E-state index contributed by atoms with van der Waals surface area (Å²) in [4.78, 5) is 8.25. The van der Waals surface area contributed by atoms with E-state index in [9.17, 15) is 0 Å². The minimum absolute atomic E-state index is 0. The predicted molar refractivity (Wildman–Crippen MR) is 21.2 cm³/mol. The number of nitrogens with zero attached hydrogens (tertiary/aromatic N) is 1. The summed E-state index contributed by atoms with van der Waals surface area (Å²) in [6, 6.07) is 0. The van der Waals surface area contributed by atoms with Crippen LogP contribution in [0.4, 0.5) is 0 Å². The van der Waals surface area contributed by atoms with Crippen molar-refractivity contribution < 1.29 is 38.6 Å². The van der Waals surface area contributed by atoms with Gasteiger partial charge in [-0.2, -0.15) is 0 Å². The summed E-state index contributed by atoms with van der Waals surface area (Å²) in [6.45, 7) is 0. The number of hydrogen-bond acceptors (Lipinski definition) is 3. The van der Waals surface area contributed by atoms with E-state index in [0.717, 1.165) is 0 Å². The van der Waals surface area contributed by atoms with E-state index in [1.807, 2.05) is 0 Å². The molecular formula is H6MnNO6+. The molecule has 0 saturated carbocycles. The molecule has 0 aromatic heterocycles. The molecule has 0 aliphatic carbocycles. The molecule has 53 valence electrons. The third-order valence-corrected chi connectivity index (χ3v) is 0. The summed E-state index contributed by atoms with van der Waals surface area (Å²) < 4.78 is 0. The van der Waals surface area contributed by atoms with Crippen LogP contribution in [-0.2, 0) is 17.1 Å². The summed E-state index contributed by atoms with van der Waals surface area (Å²) in [5.74, 6) is 0. The van der Waals surface area contributed by atoms with Gasteiger partial charge in [-0.05, 0) is 0 Å². The summed E-state index contributed by atoms with van der Waals surface area (Å²) in [5, 5.41) is 14.8. The average Bonchev–Trinajstić information content (AvgIpc) is 0.811. The topological polar surface area (TPSA) is 161 Å². The standard InChI is InChI=1S/Mn.NO3.3H2O/c;2-1(3)4;;;/h;;3*1H2/q+2;-1;;;. The smallest absolute Gasteiger partial charge is 0.412 e. The molecule has 0 fully saturated rings. The van der Waals surface area contributed by atoms with E-state index in [1.54, 1.807) is 0 Å². The second-order valence-electron chi connectivity index (χ2n) is 0.224. The SMILES string of the molecule is O.O.O.O=[N+]([O-])[O-].[Mn+2]. The van der Waals surface area contributed by atoms with Crippen molar-refractivity contribution in [1.29, 1.82) is 0 Å². The van der Waals surface area contributed by atoms with E-state index in [2.05, 4.69) is 0 Å². The summed E-state index contributed by atoms with van der Waals surface area (Å²) in [5.41, 5.74) is 0. The van der Waals surface area contributed by atoms with Gasteiger partial charge in [-0.1, -0.05) is 0 Å². The Bertz CT molecular complexity index is 31.5. The first kappa shape index (κ1) is 49.0. The fraction of sp³-hybridized carbons (Fsp3) is 0. The van der Waals surface area contributed by atoms with Crippen molar-refractivity contribution in [2.45, 2.75) is 0 Å². The predicted octanol–water partition coefficient (Wildman–Crippen LogP) is -2.72. The molecule has 8 heteroatoms. The van der Waals surface area contributed by atoms with E-state index < -0.39 is 5.09 Å². The normalized spacial score (nSPS) is 3.00. The van der Waals surface area contributed by atoms with Crippen molar-refractivity contribution in [2.75, 3.05) is 0 Å². The first-order valence-electron chi connectivity index (χ1n) is 0.548. The van der Waals surface area contributed by atoms with Gasteiger partial charge in [0.25, 0.3) is 0 Å². The van der Waals surface area contributed by atoms with Gasteiger partial charge in [0.15, 0.2) is 0 Å². The van der Waals surface area contributed by atoms with Crippen LogP contribution < -0.4 is 0 Å². The second kappa shape index (κ2) is 30.6. The summed E-state index contributed by atoms with van der Waals surface area (Å²) >= 11 is 0. The molecule has 0 atom stereocenters. The maximum Gasteiger partial charge on any atom is 2.00 e. The molecule has 0 saturated heterocycles. The second-order valence-corrected chi connectivity index (χ2v) is 0.224. The summed E-state index contributed by atoms with van der Waals surface area (Å²) in [6.07, 6.45) is 0. The van der Waals surface area contributed by atoms with Crippen LogP contribution in [-0.4, -0.2) is 21.5 Å². The molecular weight excluding hydrogens is 165 g/mol. The van der Waals surface area contributed by atoms with Crippen molar-refractivity contribution in [3.05, 3.63) is 15.3 Å². The van der Waals surface area contributed by atoms with Crippen LogP contribution in [0.25, 0.3) is 0 Å². The number of rotatable bonds is 0. The minimum atomic E-state index is -1.75. The molecule has 6 N–H and O–H groups in total. The van der Waals surface area contributed by atoms with E-state index in [-0.39, 0.29) is 33.5 Å². The average molecular weight is 171 g/mol. The Morgan fingerprint density at radius 2 is 1.00 bits per heavy atom. The van der Waals surface area contributed by atoms with Gasteiger partial charge in [0.1, 0.15) is 0 Å². The van der Waals surface area contributed by atoms with Crippen LogP contribution in [0.3, 0.4) is 0 Å². The molecule has 0 bridgehead atoms. The molecule has 0 rings (SSSR count). The Morgan fingerprint density at radius 3 is 1.00 bits per heavy atom. The fourth-order valence-corrected chi connectivity index (χ4v) is 0. The van der Waals surface area contributed by atoms with E-state index in [1.165, 1.54) is 0 Å². The van der Waals surface area contributed by atoms with Gasteiger partial charge in [0.2, 0.25) is 0 Å². The molecule has 0 unspecified atom stereocenters. The Labute approximate surface area is 54.8 Å². The Morgan fingerprint density at radius 1 is 1.00 bits per heavy atom. The van der Waals surface area contributed by atoms with Crippen LogP contribution in [0.15, 0.2) is 0 Å². The third-order valence-electron chi connectivity index (χ3n) is 0. The molecule has 7 nitrogen and oxygen atoms in total. The molecule has 0 aliphatic heterocycles. The molecule has 0 heterocycles. The Kier molecular flexibility index (Phi) is 187. The molecule has 0 aromatic rings. The van der Waals surface area contributed by atoms with E-state index in [4.69, 9.17) is 15.3 Å². The van der Waals surface area contributed by atoms with Gasteiger partial charge in [-0.3, -0.25) is 0 Å². The van der Waals surface area contributed by atoms with Crippen molar-refractivity contribution in [3.8, 4) is 0 Å². The molecule has 1 radical (unpaired) electrons. The van der Waals surface area contributed by atoms with Crippen LogP contribution >= 0.6 is 0 Å². The number of hydrogen-bond donors (Lipinski definition) is 0. The van der Waals surface area contributed by atoms with Crippen LogP contribution in [0.1, 0.15) is 0 Å². The molecule has 0 spiro atoms. The Hall–Kier alpha value is -0.401. The zero-order valence-electron chi connectivity index (χ0n) is 3.55. The van der Waals surface area contributed by atoms with E-state index >= 15 is 0 Å². The first-order valence-corrected chi connectivity index (χ1v) is 0.548. The Balaban J connectivity index is -0.00000000750. The van der Waals surface area contributed by atoms with Gasteiger partial charge in [0.05, 0.1) is 5.09 Å². The van der Waals surface area contributed by atoms with Gasteiger partial charge < -0.3 is 31.8 Å². The quantitative estimate of drug-likeness (QED) is 0.220. The zero-order chi connectivity index (χ0) is 3.58. The monoisotopic (exact) mass is 171 g/mol. The molecule has 0 amide bonds. The van der Waals surface area contributed by atoms with Gasteiger partial charge in [0, 0.05) is 0 Å². The van der Waals surface area contributed by atoms with Crippen LogP contribution in [0.2, 0.25) is 0 Å². The maximum atomic E-state index is 8.25. The van der Waals surface area contributed by atoms with Crippen molar-refractivity contribution in [3.63, 3.8) is 0 Å². The molecule has 0 aliphatic rings. The van der Waals surface area contributed by atoms with Crippen molar-refractivity contribution in [1.82, 2.24) is 0 Å². The fourth-order valence-electron chi connectivity index (χ4n) is 0. The van der Waals surface area contributed by atoms with Gasteiger partial charge >= 0.3 is 17.1 Å². The minimum Gasteiger partial charge on any atom is -0.412 e. The zero-order valence-corrected chi connectivity index (χ0v) is 4.73. The third kappa shape index (κ3) is 738. The van der Waals surface area contributed by atoms with Crippen LogP contribution in [0.5, 0.6) is 0 Å². The van der Waals surface area contributed by atoms with Crippen molar-refractivity contribution >= 4 is 0 Å². The first-order chi connectivity index (χ1) is 1.73. The largest absolute Gasteiger partial charge is 2.00 e. The van der Waals surface area contributed by atoms with E-state index in [0.29, 0.717) is 0 Å².